The molecule has 220 valence electrons. The Kier molecular flexibility index (Phi) is 12.0. The van der Waals surface area contributed by atoms with Crippen LogP contribution < -0.4 is 5.32 Å². The zero-order valence-electron chi connectivity index (χ0n) is 20.9. The van der Waals surface area contributed by atoms with E-state index in [1.807, 2.05) is 12.1 Å². The van der Waals surface area contributed by atoms with E-state index in [1.165, 1.54) is 38.8 Å². The summed E-state index contributed by atoms with van der Waals surface area (Å²) in [5.41, 5.74) is 1.03. The van der Waals surface area contributed by atoms with Crippen molar-refractivity contribution < 1.29 is 55.7 Å². The maximum Gasteiger partial charge on any atom is 0.490 e. The Morgan fingerprint density at radius 3 is 2.15 bits per heavy atom. The smallest absolute Gasteiger partial charge is 0.475 e. The standard InChI is InChI=1S/C20H29N3O2.2C2HF3O2/c24-20(22-11-16-5-2-7-21-10-16)9-19-18-6-8-23(12-15-3-1-4-15)13-17(18)14-25-19;2*3-2(4,5)1(6)7/h2,5,7,10,15,17-19H,1,3-4,6,8-9,11-14H2,(H,22,24);2*(H,6,7)/t17-,18-,19-;;/m1../s1. The fraction of sp³-hybridized carbons (Fsp3) is 0.667. The normalized spacial score (nSPS) is 23.2. The number of fused-ring (bicyclic) bond motifs is 1. The number of alkyl halides is 6. The van der Waals surface area contributed by atoms with E-state index >= 15 is 0 Å². The van der Waals surface area contributed by atoms with Gasteiger partial charge in [-0.3, -0.25) is 9.78 Å². The number of pyridine rings is 1. The Balaban J connectivity index is 0.000000317. The number of ether oxygens (including phenoxy) is 1. The number of aliphatic carboxylic acids is 2. The summed E-state index contributed by atoms with van der Waals surface area (Å²) in [5, 5.41) is 17.3. The molecule has 2 aliphatic heterocycles. The van der Waals surface area contributed by atoms with Crippen LogP contribution in [0.15, 0.2) is 24.5 Å². The zero-order chi connectivity index (χ0) is 29.2. The molecule has 1 aromatic heterocycles. The van der Waals surface area contributed by atoms with E-state index < -0.39 is 24.3 Å². The molecule has 15 heteroatoms. The molecule has 9 nitrogen and oxygen atoms in total. The van der Waals surface area contributed by atoms with Gasteiger partial charge in [-0.2, -0.15) is 26.3 Å². The summed E-state index contributed by atoms with van der Waals surface area (Å²) < 4.78 is 69.5. The lowest BCUT2D eigenvalue weighted by Gasteiger charge is -2.39. The number of aromatic nitrogens is 1. The van der Waals surface area contributed by atoms with E-state index in [-0.39, 0.29) is 12.0 Å². The molecule has 3 aliphatic rings. The quantitative estimate of drug-likeness (QED) is 0.443. The third kappa shape index (κ3) is 11.4. The number of hydrogen-bond acceptors (Lipinski definition) is 6. The van der Waals surface area contributed by atoms with E-state index in [4.69, 9.17) is 24.5 Å². The van der Waals surface area contributed by atoms with E-state index in [9.17, 15) is 31.1 Å². The molecule has 3 N–H and O–H groups in total. The van der Waals surface area contributed by atoms with Gasteiger partial charge in [0.2, 0.25) is 5.91 Å². The number of likely N-dealkylation sites (tertiary alicyclic amines) is 1. The van der Waals surface area contributed by atoms with Gasteiger partial charge >= 0.3 is 24.3 Å². The first-order valence-electron chi connectivity index (χ1n) is 12.3. The summed E-state index contributed by atoms with van der Waals surface area (Å²) >= 11 is 0. The molecule has 0 spiro atoms. The molecule has 0 unspecified atom stereocenters. The number of carboxylic acids is 2. The number of halogens is 6. The van der Waals surface area contributed by atoms with Crippen molar-refractivity contribution in [3.05, 3.63) is 30.1 Å². The molecule has 1 saturated carbocycles. The van der Waals surface area contributed by atoms with Crippen LogP contribution in [0.25, 0.3) is 0 Å². The van der Waals surface area contributed by atoms with Crippen LogP contribution in [0, 0.1) is 17.8 Å². The largest absolute Gasteiger partial charge is 0.490 e. The van der Waals surface area contributed by atoms with Gasteiger partial charge in [0.25, 0.3) is 0 Å². The zero-order valence-corrected chi connectivity index (χ0v) is 20.9. The maximum absolute atomic E-state index is 12.3. The van der Waals surface area contributed by atoms with Crippen molar-refractivity contribution >= 4 is 17.8 Å². The van der Waals surface area contributed by atoms with E-state index in [0.717, 1.165) is 24.6 Å². The van der Waals surface area contributed by atoms with Crippen molar-refractivity contribution in [2.75, 3.05) is 26.2 Å². The molecular formula is C24H31F6N3O6. The van der Waals surface area contributed by atoms with Crippen molar-refractivity contribution in [1.82, 2.24) is 15.2 Å². The fourth-order valence-corrected chi connectivity index (χ4v) is 4.54. The number of rotatable bonds is 6. The van der Waals surface area contributed by atoms with Gasteiger partial charge in [0.15, 0.2) is 0 Å². The fourth-order valence-electron chi connectivity index (χ4n) is 4.54. The highest BCUT2D eigenvalue weighted by molar-refractivity contribution is 5.76. The number of hydrogen-bond donors (Lipinski definition) is 3. The summed E-state index contributed by atoms with van der Waals surface area (Å²) in [6.07, 6.45) is -0.604. The Bertz CT molecular complexity index is 919. The predicted molar refractivity (Wildman–Crippen MR) is 123 cm³/mol. The van der Waals surface area contributed by atoms with Crippen LogP contribution in [0.3, 0.4) is 0 Å². The van der Waals surface area contributed by atoms with Gasteiger partial charge in [-0.05, 0) is 49.3 Å². The summed E-state index contributed by atoms with van der Waals surface area (Å²) in [4.78, 5) is 36.8. The number of carboxylic acid groups (broad SMARTS) is 2. The first-order valence-corrected chi connectivity index (χ1v) is 12.3. The Morgan fingerprint density at radius 2 is 1.67 bits per heavy atom. The number of piperidine rings is 1. The third-order valence-electron chi connectivity index (χ3n) is 6.70. The highest BCUT2D eigenvalue weighted by Crippen LogP contribution is 2.37. The van der Waals surface area contributed by atoms with Gasteiger partial charge in [-0.1, -0.05) is 12.5 Å². The number of nitrogens with zero attached hydrogens (tertiary/aromatic N) is 2. The lowest BCUT2D eigenvalue weighted by molar-refractivity contribution is -0.193. The molecule has 1 aliphatic carbocycles. The molecule has 0 radical (unpaired) electrons. The van der Waals surface area contributed by atoms with Crippen molar-refractivity contribution in [2.24, 2.45) is 17.8 Å². The van der Waals surface area contributed by atoms with Crippen molar-refractivity contribution in [3.63, 3.8) is 0 Å². The molecule has 3 heterocycles. The van der Waals surface area contributed by atoms with Gasteiger partial charge in [0, 0.05) is 37.9 Å². The lowest BCUT2D eigenvalue weighted by Crippen LogP contribution is -2.44. The molecule has 2 saturated heterocycles. The van der Waals surface area contributed by atoms with Crippen LogP contribution in [0.1, 0.15) is 37.7 Å². The van der Waals surface area contributed by atoms with Crippen LogP contribution in [0.5, 0.6) is 0 Å². The topological polar surface area (TPSA) is 129 Å². The SMILES string of the molecule is O=C(C[C@H]1OC[C@H]2CN(CC3CCC3)CC[C@H]21)NCc1cccnc1.O=C(O)C(F)(F)F.O=C(O)C(F)(F)F. The first-order chi connectivity index (χ1) is 18.2. The predicted octanol–water partition coefficient (Wildman–Crippen LogP) is 3.49. The minimum atomic E-state index is -5.08. The second-order valence-electron chi connectivity index (χ2n) is 9.59. The number of carbonyl (C=O) groups is 3. The summed E-state index contributed by atoms with van der Waals surface area (Å²) in [7, 11) is 0. The maximum atomic E-state index is 12.3. The number of nitrogens with one attached hydrogen (secondary N) is 1. The second-order valence-corrected chi connectivity index (χ2v) is 9.59. The molecule has 39 heavy (non-hydrogen) atoms. The van der Waals surface area contributed by atoms with Crippen molar-refractivity contribution in [3.8, 4) is 0 Å². The molecule has 1 amide bonds. The van der Waals surface area contributed by atoms with Crippen molar-refractivity contribution in [1.29, 1.82) is 0 Å². The van der Waals surface area contributed by atoms with Gasteiger partial charge in [0.05, 0.1) is 19.1 Å². The molecule has 3 atom stereocenters. The third-order valence-corrected chi connectivity index (χ3v) is 6.70. The Hall–Kier alpha value is -2.94. The molecule has 3 fully saturated rings. The van der Waals surface area contributed by atoms with Crippen LogP contribution in [-0.2, 0) is 25.7 Å². The molecule has 4 rings (SSSR count). The Labute approximate surface area is 220 Å². The summed E-state index contributed by atoms with van der Waals surface area (Å²) in [5.74, 6) is -3.31. The van der Waals surface area contributed by atoms with Crippen LogP contribution >= 0.6 is 0 Å². The average molecular weight is 572 g/mol. The van der Waals surface area contributed by atoms with E-state index in [0.29, 0.717) is 24.8 Å². The monoisotopic (exact) mass is 571 g/mol. The first kappa shape index (κ1) is 32.3. The van der Waals surface area contributed by atoms with E-state index in [1.54, 1.807) is 12.4 Å². The Morgan fingerprint density at radius 1 is 1.05 bits per heavy atom. The van der Waals surface area contributed by atoms with Crippen LogP contribution in [0.4, 0.5) is 26.3 Å². The van der Waals surface area contributed by atoms with Gasteiger partial charge in [-0.25, -0.2) is 9.59 Å². The van der Waals surface area contributed by atoms with Crippen LogP contribution in [-0.4, -0.2) is 82.6 Å². The summed E-state index contributed by atoms with van der Waals surface area (Å²) in [6.45, 7) is 4.98. The minimum absolute atomic E-state index is 0.0893. The van der Waals surface area contributed by atoms with Crippen molar-refractivity contribution in [2.45, 2.75) is 57.1 Å². The van der Waals surface area contributed by atoms with Crippen LogP contribution in [0.2, 0.25) is 0 Å². The lowest BCUT2D eigenvalue weighted by atomic mass is 9.81. The second kappa shape index (κ2) is 14.4. The van der Waals surface area contributed by atoms with Gasteiger partial charge in [-0.15, -0.1) is 0 Å². The molecule has 0 bridgehead atoms. The molecule has 0 aromatic carbocycles. The number of amides is 1. The molecular weight excluding hydrogens is 540 g/mol. The molecule has 1 aromatic rings. The highest BCUT2D eigenvalue weighted by Gasteiger charge is 2.42. The average Bonchev–Trinajstić information content (AvgIpc) is 3.22. The minimum Gasteiger partial charge on any atom is -0.475 e. The van der Waals surface area contributed by atoms with Gasteiger partial charge < -0.3 is 25.2 Å². The number of carbonyl (C=O) groups excluding carboxylic acids is 1. The summed E-state index contributed by atoms with van der Waals surface area (Å²) in [6, 6.07) is 3.87. The van der Waals surface area contributed by atoms with Gasteiger partial charge in [0.1, 0.15) is 0 Å². The highest BCUT2D eigenvalue weighted by atomic mass is 19.4. The van der Waals surface area contributed by atoms with E-state index in [2.05, 4.69) is 15.2 Å².